The van der Waals surface area contributed by atoms with E-state index in [0.717, 1.165) is 37.4 Å². The second-order valence-electron chi connectivity index (χ2n) is 8.46. The number of fused-ring (bicyclic) bond motifs is 3. The van der Waals surface area contributed by atoms with Crippen LogP contribution >= 0.6 is 0 Å². The van der Waals surface area contributed by atoms with E-state index in [1.807, 2.05) is 43.3 Å². The van der Waals surface area contributed by atoms with Gasteiger partial charge in [-0.1, -0.05) is 25.1 Å². The normalized spacial score (nSPS) is 17.4. The fraction of sp³-hybridized carbons (Fsp3) is 0.333. The molecule has 1 fully saturated rings. The molecule has 9 heteroatoms. The minimum Gasteiger partial charge on any atom is -0.369 e. The van der Waals surface area contributed by atoms with Crippen LogP contribution in [0.25, 0.3) is 11.3 Å². The maximum atomic E-state index is 13.3. The van der Waals surface area contributed by atoms with Crippen molar-refractivity contribution in [2.45, 2.75) is 18.2 Å². The third kappa shape index (κ3) is 4.02. The van der Waals surface area contributed by atoms with Crippen molar-refractivity contribution in [2.75, 3.05) is 54.3 Å². The molecule has 0 spiro atoms. The SMILES string of the molecule is CCCN1c2ccccc2-c2nc(Nc3ccc(N4CCN(C)CC4)cc3)ncc2S1(=O)=O. The van der Waals surface area contributed by atoms with Crippen LogP contribution in [0.2, 0.25) is 0 Å². The number of aromatic nitrogens is 2. The van der Waals surface area contributed by atoms with Crippen molar-refractivity contribution in [3.8, 4) is 11.3 Å². The summed E-state index contributed by atoms with van der Waals surface area (Å²) in [6.07, 6.45) is 2.13. The lowest BCUT2D eigenvalue weighted by Crippen LogP contribution is -2.44. The van der Waals surface area contributed by atoms with E-state index in [4.69, 9.17) is 0 Å². The van der Waals surface area contributed by atoms with Gasteiger partial charge in [-0.05, 0) is 43.8 Å². The first-order chi connectivity index (χ1) is 16.0. The highest BCUT2D eigenvalue weighted by molar-refractivity contribution is 7.93. The highest BCUT2D eigenvalue weighted by Crippen LogP contribution is 2.42. The summed E-state index contributed by atoms with van der Waals surface area (Å²) < 4.78 is 28.0. The second kappa shape index (κ2) is 8.64. The fourth-order valence-electron chi connectivity index (χ4n) is 4.35. The standard InChI is InChI=1S/C24H28N6O2S/c1-3-12-30-21-7-5-4-6-20(21)23-22(33(30,31)32)17-25-24(27-23)26-18-8-10-19(11-9-18)29-15-13-28(2)14-16-29/h4-11,17H,3,12-16H2,1-2H3,(H,25,26,27). The molecule has 0 bridgehead atoms. The molecule has 0 atom stereocenters. The van der Waals surface area contributed by atoms with E-state index >= 15 is 0 Å². The molecule has 0 unspecified atom stereocenters. The van der Waals surface area contributed by atoms with Gasteiger partial charge in [-0.2, -0.15) is 0 Å². The van der Waals surface area contributed by atoms with Crippen LogP contribution < -0.4 is 14.5 Å². The number of rotatable bonds is 5. The largest absolute Gasteiger partial charge is 0.369 e. The Morgan fingerprint density at radius 1 is 1.00 bits per heavy atom. The molecule has 0 saturated carbocycles. The molecule has 3 aromatic rings. The van der Waals surface area contributed by atoms with Crippen molar-refractivity contribution in [1.29, 1.82) is 0 Å². The Hall–Kier alpha value is -3.17. The summed E-state index contributed by atoms with van der Waals surface area (Å²) in [5.41, 5.74) is 3.94. The van der Waals surface area contributed by atoms with Crippen LogP contribution in [0, 0.1) is 0 Å². The van der Waals surface area contributed by atoms with Crippen molar-refractivity contribution in [2.24, 2.45) is 0 Å². The Bertz CT molecular complexity index is 1250. The summed E-state index contributed by atoms with van der Waals surface area (Å²) >= 11 is 0. The van der Waals surface area contributed by atoms with Gasteiger partial charge in [0.25, 0.3) is 10.0 Å². The quantitative estimate of drug-likeness (QED) is 0.618. The van der Waals surface area contributed by atoms with Crippen LogP contribution in [0.5, 0.6) is 0 Å². The molecule has 1 N–H and O–H groups in total. The summed E-state index contributed by atoms with van der Waals surface area (Å²) in [6, 6.07) is 15.7. The number of nitrogens with zero attached hydrogens (tertiary/aromatic N) is 5. The highest BCUT2D eigenvalue weighted by atomic mass is 32.2. The minimum atomic E-state index is -3.70. The van der Waals surface area contributed by atoms with E-state index < -0.39 is 10.0 Å². The van der Waals surface area contributed by atoms with Gasteiger partial charge in [0.15, 0.2) is 0 Å². The van der Waals surface area contributed by atoms with Crippen LogP contribution in [0.1, 0.15) is 13.3 Å². The average Bonchev–Trinajstić information content (AvgIpc) is 2.83. The first kappa shape index (κ1) is 21.7. The first-order valence-electron chi connectivity index (χ1n) is 11.3. The van der Waals surface area contributed by atoms with Crippen molar-refractivity contribution >= 4 is 33.0 Å². The third-order valence-electron chi connectivity index (χ3n) is 6.17. The Balaban J connectivity index is 1.43. The number of nitrogens with one attached hydrogen (secondary N) is 1. The fourth-order valence-corrected chi connectivity index (χ4v) is 6.01. The summed E-state index contributed by atoms with van der Waals surface area (Å²) in [7, 11) is -1.55. The smallest absolute Gasteiger partial charge is 0.268 e. The van der Waals surface area contributed by atoms with Gasteiger partial charge < -0.3 is 15.1 Å². The number of sulfonamides is 1. The van der Waals surface area contributed by atoms with Gasteiger partial charge in [0.2, 0.25) is 5.95 Å². The molecule has 1 aromatic heterocycles. The summed E-state index contributed by atoms with van der Waals surface area (Å²) in [5, 5.41) is 3.23. The van der Waals surface area contributed by atoms with Gasteiger partial charge in [-0.15, -0.1) is 0 Å². The monoisotopic (exact) mass is 464 g/mol. The Morgan fingerprint density at radius 3 is 2.45 bits per heavy atom. The third-order valence-corrected chi connectivity index (χ3v) is 7.98. The topological polar surface area (TPSA) is 81.7 Å². The highest BCUT2D eigenvalue weighted by Gasteiger charge is 2.36. The molecule has 0 radical (unpaired) electrons. The van der Waals surface area contributed by atoms with E-state index in [0.29, 0.717) is 30.3 Å². The van der Waals surface area contributed by atoms with Crippen molar-refractivity contribution in [1.82, 2.24) is 14.9 Å². The van der Waals surface area contributed by atoms with E-state index in [1.165, 1.54) is 16.2 Å². The number of para-hydroxylation sites is 1. The van der Waals surface area contributed by atoms with Crippen molar-refractivity contribution in [3.63, 3.8) is 0 Å². The zero-order valence-electron chi connectivity index (χ0n) is 18.9. The number of piperazine rings is 1. The second-order valence-corrected chi connectivity index (χ2v) is 10.3. The lowest BCUT2D eigenvalue weighted by atomic mass is 10.1. The maximum absolute atomic E-state index is 13.3. The molecular formula is C24H28N6O2S. The molecule has 0 aliphatic carbocycles. The van der Waals surface area contributed by atoms with Gasteiger partial charge in [0.05, 0.1) is 17.6 Å². The molecular weight excluding hydrogens is 436 g/mol. The summed E-state index contributed by atoms with van der Waals surface area (Å²) in [5.74, 6) is 0.370. The molecule has 0 amide bonds. The molecule has 33 heavy (non-hydrogen) atoms. The van der Waals surface area contributed by atoms with E-state index in [9.17, 15) is 8.42 Å². The minimum absolute atomic E-state index is 0.144. The molecule has 2 aliphatic rings. The molecule has 3 heterocycles. The number of hydrogen-bond acceptors (Lipinski definition) is 7. The molecule has 172 valence electrons. The van der Waals surface area contributed by atoms with E-state index in [-0.39, 0.29) is 4.90 Å². The van der Waals surface area contributed by atoms with E-state index in [2.05, 4.69) is 44.3 Å². The molecule has 5 rings (SSSR count). The predicted molar refractivity (Wildman–Crippen MR) is 132 cm³/mol. The summed E-state index contributed by atoms with van der Waals surface area (Å²) in [4.78, 5) is 13.8. The zero-order valence-corrected chi connectivity index (χ0v) is 19.7. The van der Waals surface area contributed by atoms with Crippen LogP contribution in [0.15, 0.2) is 59.6 Å². The van der Waals surface area contributed by atoms with Crippen molar-refractivity contribution in [3.05, 3.63) is 54.7 Å². The van der Waals surface area contributed by atoms with E-state index in [1.54, 1.807) is 0 Å². The first-order valence-corrected chi connectivity index (χ1v) is 12.7. The maximum Gasteiger partial charge on any atom is 0.268 e. The lowest BCUT2D eigenvalue weighted by molar-refractivity contribution is 0.313. The number of benzene rings is 2. The van der Waals surface area contributed by atoms with Gasteiger partial charge in [0.1, 0.15) is 4.90 Å². The van der Waals surface area contributed by atoms with Gasteiger partial charge >= 0.3 is 0 Å². The van der Waals surface area contributed by atoms with Gasteiger partial charge in [0, 0.05) is 49.7 Å². The molecule has 1 saturated heterocycles. The number of anilines is 4. The lowest BCUT2D eigenvalue weighted by Gasteiger charge is -2.34. The number of likely N-dealkylation sites (N-methyl/N-ethyl adjacent to an activating group) is 1. The Labute approximate surface area is 194 Å². The van der Waals surface area contributed by atoms with Gasteiger partial charge in [-0.25, -0.2) is 18.4 Å². The Morgan fingerprint density at radius 2 is 1.73 bits per heavy atom. The van der Waals surface area contributed by atoms with Crippen LogP contribution in [0.4, 0.5) is 23.0 Å². The molecule has 8 nitrogen and oxygen atoms in total. The Kier molecular flexibility index (Phi) is 5.67. The predicted octanol–water partition coefficient (Wildman–Crippen LogP) is 3.56. The summed E-state index contributed by atoms with van der Waals surface area (Å²) in [6.45, 7) is 6.52. The van der Waals surface area contributed by atoms with Crippen LogP contribution in [-0.4, -0.2) is 63.1 Å². The van der Waals surface area contributed by atoms with Gasteiger partial charge in [-0.3, -0.25) is 4.31 Å². The average molecular weight is 465 g/mol. The van der Waals surface area contributed by atoms with Crippen LogP contribution in [0.3, 0.4) is 0 Å². The molecule has 2 aliphatic heterocycles. The number of hydrogen-bond donors (Lipinski definition) is 1. The van der Waals surface area contributed by atoms with Crippen molar-refractivity contribution < 1.29 is 8.42 Å². The van der Waals surface area contributed by atoms with Crippen LogP contribution in [-0.2, 0) is 10.0 Å². The molecule has 2 aromatic carbocycles. The zero-order chi connectivity index (χ0) is 23.0.